The van der Waals surface area contributed by atoms with Gasteiger partial charge in [-0.3, -0.25) is 19.7 Å². The van der Waals surface area contributed by atoms with E-state index in [0.717, 1.165) is 25.9 Å². The highest BCUT2D eigenvalue weighted by Crippen LogP contribution is 2.32. The number of anilines is 1. The Morgan fingerprint density at radius 1 is 1.23 bits per heavy atom. The van der Waals surface area contributed by atoms with Crippen LogP contribution in [0.3, 0.4) is 0 Å². The number of nitro benzene ring substituents is 1. The zero-order chi connectivity index (χ0) is 22.6. The van der Waals surface area contributed by atoms with Gasteiger partial charge < -0.3 is 15.0 Å². The fraction of sp³-hybridized carbons (Fsp3) is 0.364. The Balaban J connectivity index is 1.93. The predicted octanol–water partition coefficient (Wildman–Crippen LogP) is 3.54. The van der Waals surface area contributed by atoms with Gasteiger partial charge in [0.25, 0.3) is 11.6 Å². The van der Waals surface area contributed by atoms with Crippen molar-refractivity contribution >= 4 is 23.3 Å². The largest absolute Gasteiger partial charge is 0.469 e. The van der Waals surface area contributed by atoms with Crippen LogP contribution in [0, 0.1) is 15.9 Å². The average molecular weight is 429 g/mol. The van der Waals surface area contributed by atoms with Crippen LogP contribution < -0.4 is 10.2 Å². The molecule has 2 aromatic carbocycles. The van der Waals surface area contributed by atoms with Crippen LogP contribution >= 0.6 is 0 Å². The van der Waals surface area contributed by atoms with Crippen LogP contribution in [0.1, 0.15) is 42.1 Å². The number of halogens is 1. The summed E-state index contributed by atoms with van der Waals surface area (Å²) in [7, 11) is 1.22. The van der Waals surface area contributed by atoms with Gasteiger partial charge in [-0.05, 0) is 49.6 Å². The number of carbonyl (C=O) groups is 2. The number of benzene rings is 2. The summed E-state index contributed by atoms with van der Waals surface area (Å²) in [4.78, 5) is 38.0. The summed E-state index contributed by atoms with van der Waals surface area (Å²) in [6.45, 7) is 3.02. The van der Waals surface area contributed by atoms with Crippen LogP contribution in [-0.4, -0.2) is 37.0 Å². The number of methoxy groups -OCH3 is 1. The van der Waals surface area contributed by atoms with Crippen molar-refractivity contribution in [3.05, 3.63) is 69.5 Å². The minimum absolute atomic E-state index is 0.0714. The molecule has 1 atom stereocenters. The third kappa shape index (κ3) is 4.99. The molecule has 0 saturated carbocycles. The molecule has 0 aliphatic carbocycles. The molecular formula is C22H24FN3O5. The molecule has 1 aliphatic heterocycles. The molecule has 3 rings (SSSR count). The van der Waals surface area contributed by atoms with E-state index in [4.69, 9.17) is 4.74 Å². The highest BCUT2D eigenvalue weighted by Gasteiger charge is 2.33. The van der Waals surface area contributed by atoms with E-state index in [9.17, 15) is 24.1 Å². The van der Waals surface area contributed by atoms with Gasteiger partial charge in [-0.1, -0.05) is 12.1 Å². The molecule has 1 N–H and O–H groups in total. The highest BCUT2D eigenvalue weighted by molar-refractivity contribution is 5.96. The SMILES string of the molecule is COC(=O)CC(C)(NC(=O)c1ccc(N2CCCC2)c([N+](=O)[O-])c1)c1cccc(F)c1. The Morgan fingerprint density at radius 3 is 2.55 bits per heavy atom. The van der Waals surface area contributed by atoms with E-state index in [1.165, 1.54) is 37.4 Å². The maximum atomic E-state index is 13.8. The maximum absolute atomic E-state index is 13.8. The molecule has 31 heavy (non-hydrogen) atoms. The minimum atomic E-state index is -1.28. The summed E-state index contributed by atoms with van der Waals surface area (Å²) in [6.07, 6.45) is 1.67. The first-order chi connectivity index (χ1) is 14.7. The van der Waals surface area contributed by atoms with Crippen LogP contribution in [0.5, 0.6) is 0 Å². The topological polar surface area (TPSA) is 102 Å². The first-order valence-electron chi connectivity index (χ1n) is 9.92. The number of nitrogens with zero attached hydrogens (tertiary/aromatic N) is 2. The van der Waals surface area contributed by atoms with Crippen molar-refractivity contribution in [1.29, 1.82) is 0 Å². The summed E-state index contributed by atoms with van der Waals surface area (Å²) in [5, 5.41) is 14.4. The first-order valence-corrected chi connectivity index (χ1v) is 9.92. The van der Waals surface area contributed by atoms with Gasteiger partial charge >= 0.3 is 5.97 Å². The normalized spacial score (nSPS) is 15.3. The Labute approximate surface area is 179 Å². The Hall–Kier alpha value is -3.49. The van der Waals surface area contributed by atoms with Gasteiger partial charge in [0, 0.05) is 24.7 Å². The lowest BCUT2D eigenvalue weighted by atomic mass is 9.88. The van der Waals surface area contributed by atoms with E-state index in [1.807, 2.05) is 4.90 Å². The summed E-state index contributed by atoms with van der Waals surface area (Å²) in [5.41, 5.74) is -0.526. The number of amides is 1. The van der Waals surface area contributed by atoms with E-state index in [-0.39, 0.29) is 17.7 Å². The van der Waals surface area contributed by atoms with Gasteiger partial charge in [0.15, 0.2) is 0 Å². The third-order valence-electron chi connectivity index (χ3n) is 5.46. The summed E-state index contributed by atoms with van der Waals surface area (Å²) in [6, 6.07) is 9.85. The lowest BCUT2D eigenvalue weighted by Crippen LogP contribution is -2.45. The molecule has 0 radical (unpaired) electrons. The third-order valence-corrected chi connectivity index (χ3v) is 5.46. The zero-order valence-electron chi connectivity index (χ0n) is 17.4. The van der Waals surface area contributed by atoms with Gasteiger partial charge in [-0.25, -0.2) is 4.39 Å². The van der Waals surface area contributed by atoms with Crippen molar-refractivity contribution in [2.75, 3.05) is 25.1 Å². The minimum Gasteiger partial charge on any atom is -0.469 e. The summed E-state index contributed by atoms with van der Waals surface area (Å²) < 4.78 is 18.5. The number of rotatable bonds is 7. The van der Waals surface area contributed by atoms with Crippen LogP contribution in [0.15, 0.2) is 42.5 Å². The molecule has 1 fully saturated rings. The van der Waals surface area contributed by atoms with Crippen molar-refractivity contribution in [1.82, 2.24) is 5.32 Å². The van der Waals surface area contributed by atoms with E-state index in [2.05, 4.69) is 5.32 Å². The number of hydrogen-bond acceptors (Lipinski definition) is 6. The fourth-order valence-electron chi connectivity index (χ4n) is 3.77. The Bertz CT molecular complexity index is 1010. The van der Waals surface area contributed by atoms with Gasteiger partial charge in [0.2, 0.25) is 0 Å². The quantitative estimate of drug-likeness (QED) is 0.410. The van der Waals surface area contributed by atoms with Crippen LogP contribution in [0.25, 0.3) is 0 Å². The second-order valence-corrected chi connectivity index (χ2v) is 7.70. The molecule has 8 nitrogen and oxygen atoms in total. The highest BCUT2D eigenvalue weighted by atomic mass is 19.1. The van der Waals surface area contributed by atoms with Crippen molar-refractivity contribution in [2.24, 2.45) is 0 Å². The maximum Gasteiger partial charge on any atom is 0.308 e. The monoisotopic (exact) mass is 429 g/mol. The molecule has 1 amide bonds. The van der Waals surface area contributed by atoms with E-state index >= 15 is 0 Å². The van der Waals surface area contributed by atoms with Crippen molar-refractivity contribution in [2.45, 2.75) is 31.7 Å². The van der Waals surface area contributed by atoms with Gasteiger partial charge in [0.1, 0.15) is 11.5 Å². The van der Waals surface area contributed by atoms with E-state index < -0.39 is 28.2 Å². The predicted molar refractivity (Wildman–Crippen MR) is 112 cm³/mol. The number of esters is 1. The molecule has 164 valence electrons. The lowest BCUT2D eigenvalue weighted by molar-refractivity contribution is -0.384. The van der Waals surface area contributed by atoms with Crippen molar-refractivity contribution in [3.63, 3.8) is 0 Å². The van der Waals surface area contributed by atoms with E-state index in [0.29, 0.717) is 11.3 Å². The Kier molecular flexibility index (Phi) is 6.53. The molecule has 9 heteroatoms. The average Bonchev–Trinajstić information content (AvgIpc) is 3.27. The number of nitrogens with one attached hydrogen (secondary N) is 1. The molecule has 0 spiro atoms. The lowest BCUT2D eigenvalue weighted by Gasteiger charge is -2.30. The van der Waals surface area contributed by atoms with Crippen LogP contribution in [0.4, 0.5) is 15.8 Å². The molecule has 0 bridgehead atoms. The van der Waals surface area contributed by atoms with E-state index in [1.54, 1.807) is 19.1 Å². The number of nitro groups is 1. The van der Waals surface area contributed by atoms with Crippen molar-refractivity contribution < 1.29 is 23.6 Å². The molecule has 1 heterocycles. The smallest absolute Gasteiger partial charge is 0.308 e. The number of ether oxygens (including phenoxy) is 1. The molecule has 1 saturated heterocycles. The number of hydrogen-bond donors (Lipinski definition) is 1. The molecule has 2 aromatic rings. The first kappa shape index (κ1) is 22.2. The summed E-state index contributed by atoms with van der Waals surface area (Å²) >= 11 is 0. The summed E-state index contributed by atoms with van der Waals surface area (Å²) in [5.74, 6) is -1.73. The van der Waals surface area contributed by atoms with Crippen LogP contribution in [-0.2, 0) is 15.1 Å². The van der Waals surface area contributed by atoms with Gasteiger partial charge in [-0.15, -0.1) is 0 Å². The molecule has 1 unspecified atom stereocenters. The van der Waals surface area contributed by atoms with Gasteiger partial charge in [0.05, 0.1) is 24.0 Å². The van der Waals surface area contributed by atoms with Crippen LogP contribution in [0.2, 0.25) is 0 Å². The molecule has 1 aliphatic rings. The Morgan fingerprint density at radius 2 is 1.94 bits per heavy atom. The second kappa shape index (κ2) is 9.11. The fourth-order valence-corrected chi connectivity index (χ4v) is 3.77. The van der Waals surface area contributed by atoms with Gasteiger partial charge in [-0.2, -0.15) is 0 Å². The zero-order valence-corrected chi connectivity index (χ0v) is 17.4. The number of carbonyl (C=O) groups excluding carboxylic acids is 2. The molecule has 0 aromatic heterocycles. The standard InChI is InChI=1S/C22H24FN3O5/c1-22(14-20(27)31-2,16-6-5-7-17(23)13-16)24-21(28)15-8-9-18(19(12-15)26(29)30)25-10-3-4-11-25/h5-9,12-13H,3-4,10-11,14H2,1-2H3,(H,24,28). The second-order valence-electron chi connectivity index (χ2n) is 7.70. The van der Waals surface area contributed by atoms with Crippen molar-refractivity contribution in [3.8, 4) is 0 Å². The molecular weight excluding hydrogens is 405 g/mol.